The lowest BCUT2D eigenvalue weighted by molar-refractivity contribution is 0.294. The molecular formula is C6H13N3. The number of allylic oxidation sites excluding steroid dienone is 1. The molecule has 0 unspecified atom stereocenters. The quantitative estimate of drug-likeness (QED) is 0.537. The van der Waals surface area contributed by atoms with Crippen LogP contribution in [0.15, 0.2) is 11.9 Å². The van der Waals surface area contributed by atoms with Crippen molar-refractivity contribution in [1.29, 1.82) is 0 Å². The molecule has 0 amide bonds. The summed E-state index contributed by atoms with van der Waals surface area (Å²) in [5.41, 5.74) is 6.69. The van der Waals surface area contributed by atoms with Crippen molar-refractivity contribution in [3.63, 3.8) is 0 Å². The summed E-state index contributed by atoms with van der Waals surface area (Å²) in [7, 11) is 2.06. The van der Waals surface area contributed by atoms with Crippen LogP contribution < -0.4 is 5.73 Å². The highest BCUT2D eigenvalue weighted by atomic mass is 15.4. The van der Waals surface area contributed by atoms with Gasteiger partial charge in [-0.05, 0) is 6.92 Å². The van der Waals surface area contributed by atoms with Crippen LogP contribution in [0.3, 0.4) is 0 Å². The molecule has 1 heterocycles. The van der Waals surface area contributed by atoms with Gasteiger partial charge in [0.2, 0.25) is 0 Å². The third kappa shape index (κ3) is 1.16. The summed E-state index contributed by atoms with van der Waals surface area (Å²) in [5.74, 6) is 0. The fourth-order valence-electron chi connectivity index (χ4n) is 0.898. The van der Waals surface area contributed by atoms with E-state index in [0.717, 1.165) is 6.67 Å². The van der Waals surface area contributed by atoms with Crippen molar-refractivity contribution in [2.24, 2.45) is 5.73 Å². The van der Waals surface area contributed by atoms with Gasteiger partial charge in [0.1, 0.15) is 0 Å². The molecule has 0 aliphatic carbocycles. The van der Waals surface area contributed by atoms with Crippen molar-refractivity contribution < 1.29 is 0 Å². The SMILES string of the molecule is CC1=CN(CN)CN1C. The van der Waals surface area contributed by atoms with Crippen LogP contribution in [0.5, 0.6) is 0 Å². The molecule has 52 valence electrons. The fourth-order valence-corrected chi connectivity index (χ4v) is 0.898. The van der Waals surface area contributed by atoms with Crippen LogP contribution in [0.25, 0.3) is 0 Å². The Balaban J connectivity index is 2.52. The summed E-state index contributed by atoms with van der Waals surface area (Å²) in [5, 5.41) is 0. The van der Waals surface area contributed by atoms with Crippen LogP contribution in [0, 0.1) is 0 Å². The van der Waals surface area contributed by atoms with E-state index in [4.69, 9.17) is 5.73 Å². The molecule has 1 aliphatic rings. The van der Waals surface area contributed by atoms with Crippen molar-refractivity contribution in [3.05, 3.63) is 11.9 Å². The topological polar surface area (TPSA) is 32.5 Å². The smallest absolute Gasteiger partial charge is 0.0905 e. The monoisotopic (exact) mass is 127 g/mol. The van der Waals surface area contributed by atoms with Crippen molar-refractivity contribution in [2.75, 3.05) is 20.4 Å². The van der Waals surface area contributed by atoms with E-state index in [1.54, 1.807) is 0 Å². The Labute approximate surface area is 55.7 Å². The van der Waals surface area contributed by atoms with Crippen molar-refractivity contribution in [1.82, 2.24) is 9.80 Å². The van der Waals surface area contributed by atoms with Gasteiger partial charge in [0.25, 0.3) is 0 Å². The van der Waals surface area contributed by atoms with E-state index >= 15 is 0 Å². The Morgan fingerprint density at radius 1 is 1.78 bits per heavy atom. The van der Waals surface area contributed by atoms with Gasteiger partial charge in [0.05, 0.1) is 13.3 Å². The predicted octanol–water partition coefficient (Wildman–Crippen LogP) is -0.0312. The van der Waals surface area contributed by atoms with Crippen molar-refractivity contribution >= 4 is 0 Å². The lowest BCUT2D eigenvalue weighted by atomic mass is 10.5. The van der Waals surface area contributed by atoms with Gasteiger partial charge in [-0.2, -0.15) is 0 Å². The Bertz CT molecular complexity index is 130. The highest BCUT2D eigenvalue weighted by Crippen LogP contribution is 2.09. The maximum absolute atomic E-state index is 5.41. The molecule has 0 bridgehead atoms. The maximum atomic E-state index is 5.41. The Hall–Kier alpha value is -0.700. The van der Waals surface area contributed by atoms with E-state index in [1.165, 1.54) is 5.70 Å². The molecule has 0 aromatic heterocycles. The standard InChI is InChI=1S/C6H13N3/c1-6-3-9(4-7)5-8(6)2/h3H,4-5,7H2,1-2H3. The second-order valence-corrected chi connectivity index (χ2v) is 2.38. The summed E-state index contributed by atoms with van der Waals surface area (Å²) >= 11 is 0. The first-order valence-corrected chi connectivity index (χ1v) is 3.07. The van der Waals surface area contributed by atoms with Gasteiger partial charge in [-0.25, -0.2) is 0 Å². The van der Waals surface area contributed by atoms with E-state index in [-0.39, 0.29) is 0 Å². The Morgan fingerprint density at radius 2 is 2.44 bits per heavy atom. The number of nitrogens with zero attached hydrogens (tertiary/aromatic N) is 2. The zero-order valence-corrected chi connectivity index (χ0v) is 5.96. The van der Waals surface area contributed by atoms with Crippen LogP contribution in [0.4, 0.5) is 0 Å². The minimum Gasteiger partial charge on any atom is -0.359 e. The molecule has 0 saturated heterocycles. The molecule has 2 N–H and O–H groups in total. The minimum atomic E-state index is 0.613. The van der Waals surface area contributed by atoms with E-state index in [9.17, 15) is 0 Å². The Morgan fingerprint density at radius 3 is 2.67 bits per heavy atom. The zero-order chi connectivity index (χ0) is 6.85. The lowest BCUT2D eigenvalue weighted by Crippen LogP contribution is -2.28. The summed E-state index contributed by atoms with van der Waals surface area (Å²) in [6.07, 6.45) is 2.07. The van der Waals surface area contributed by atoms with Crippen LogP contribution in [-0.4, -0.2) is 30.2 Å². The van der Waals surface area contributed by atoms with Gasteiger partial charge >= 0.3 is 0 Å². The average Bonchev–Trinajstić information content (AvgIpc) is 2.13. The predicted molar refractivity (Wildman–Crippen MR) is 37.3 cm³/mol. The van der Waals surface area contributed by atoms with Gasteiger partial charge in [-0.1, -0.05) is 0 Å². The molecule has 0 fully saturated rings. The number of rotatable bonds is 1. The minimum absolute atomic E-state index is 0.613. The largest absolute Gasteiger partial charge is 0.359 e. The normalized spacial score (nSPS) is 18.8. The Kier molecular flexibility index (Phi) is 1.62. The molecule has 1 aliphatic heterocycles. The van der Waals surface area contributed by atoms with Crippen LogP contribution in [0.2, 0.25) is 0 Å². The molecule has 9 heavy (non-hydrogen) atoms. The summed E-state index contributed by atoms with van der Waals surface area (Å²) in [6.45, 7) is 3.62. The molecule has 0 saturated carbocycles. The zero-order valence-electron chi connectivity index (χ0n) is 5.96. The molecule has 0 atom stereocenters. The van der Waals surface area contributed by atoms with E-state index in [0.29, 0.717) is 6.67 Å². The molecule has 0 aromatic rings. The molecule has 3 nitrogen and oxygen atoms in total. The first-order chi connectivity index (χ1) is 4.24. The van der Waals surface area contributed by atoms with E-state index < -0.39 is 0 Å². The molecular weight excluding hydrogens is 114 g/mol. The van der Waals surface area contributed by atoms with Crippen LogP contribution >= 0.6 is 0 Å². The van der Waals surface area contributed by atoms with Crippen LogP contribution in [-0.2, 0) is 0 Å². The first-order valence-electron chi connectivity index (χ1n) is 3.07. The van der Waals surface area contributed by atoms with Crippen molar-refractivity contribution in [2.45, 2.75) is 6.92 Å². The average molecular weight is 127 g/mol. The lowest BCUT2D eigenvalue weighted by Gasteiger charge is -2.15. The summed E-state index contributed by atoms with van der Waals surface area (Å²) in [6, 6.07) is 0. The molecule has 1 rings (SSSR count). The number of hydrogen-bond acceptors (Lipinski definition) is 3. The molecule has 0 aromatic carbocycles. The summed E-state index contributed by atoms with van der Waals surface area (Å²) in [4.78, 5) is 4.22. The van der Waals surface area contributed by atoms with Gasteiger partial charge in [-0.3, -0.25) is 0 Å². The molecule has 3 heteroatoms. The molecule has 0 radical (unpaired) electrons. The van der Waals surface area contributed by atoms with Gasteiger partial charge < -0.3 is 15.5 Å². The highest BCUT2D eigenvalue weighted by Gasteiger charge is 2.10. The number of nitrogens with two attached hydrogens (primary N) is 1. The van der Waals surface area contributed by atoms with Gasteiger partial charge in [-0.15, -0.1) is 0 Å². The highest BCUT2D eigenvalue weighted by molar-refractivity contribution is 5.01. The second-order valence-electron chi connectivity index (χ2n) is 2.38. The molecule has 0 spiro atoms. The van der Waals surface area contributed by atoms with E-state index in [1.807, 2.05) is 0 Å². The first kappa shape index (κ1) is 6.42. The maximum Gasteiger partial charge on any atom is 0.0905 e. The van der Waals surface area contributed by atoms with Crippen molar-refractivity contribution in [3.8, 4) is 0 Å². The van der Waals surface area contributed by atoms with Gasteiger partial charge in [0, 0.05) is 18.9 Å². The summed E-state index contributed by atoms with van der Waals surface area (Å²) < 4.78 is 0. The van der Waals surface area contributed by atoms with Crippen LogP contribution in [0.1, 0.15) is 6.92 Å². The fraction of sp³-hybridized carbons (Fsp3) is 0.667. The third-order valence-electron chi connectivity index (χ3n) is 1.60. The third-order valence-corrected chi connectivity index (χ3v) is 1.60. The van der Waals surface area contributed by atoms with Gasteiger partial charge in [0.15, 0.2) is 0 Å². The van der Waals surface area contributed by atoms with E-state index in [2.05, 4.69) is 30.0 Å². The number of hydrogen-bond donors (Lipinski definition) is 1. The second kappa shape index (κ2) is 2.27.